The van der Waals surface area contributed by atoms with Gasteiger partial charge in [-0.3, -0.25) is 4.98 Å². The lowest BCUT2D eigenvalue weighted by Crippen LogP contribution is -2.39. The van der Waals surface area contributed by atoms with Gasteiger partial charge in [-0.1, -0.05) is 23.7 Å². The maximum Gasteiger partial charge on any atom is 0.215 e. The molecule has 1 aromatic carbocycles. The van der Waals surface area contributed by atoms with Gasteiger partial charge in [-0.2, -0.15) is 0 Å². The topological polar surface area (TPSA) is 62.3 Å². The lowest BCUT2D eigenvalue weighted by molar-refractivity contribution is 0.402. The number of benzene rings is 1. The molecule has 7 heteroatoms. The Morgan fingerprint density at radius 3 is 2.52 bits per heavy atom. The number of aromatic nitrogens is 1. The minimum atomic E-state index is -3.33. The molecule has 1 fully saturated rings. The third kappa shape index (κ3) is 5.42. The fourth-order valence-electron chi connectivity index (χ4n) is 3.03. The van der Waals surface area contributed by atoms with Crippen molar-refractivity contribution in [3.63, 3.8) is 0 Å². The molecule has 1 aromatic heterocycles. The van der Waals surface area contributed by atoms with Crippen LogP contribution >= 0.6 is 11.6 Å². The summed E-state index contributed by atoms with van der Waals surface area (Å²) in [5.41, 5.74) is 1.87. The number of halogens is 1. The van der Waals surface area contributed by atoms with Crippen molar-refractivity contribution in [1.29, 1.82) is 0 Å². The molecule has 0 spiro atoms. The second-order valence-corrected chi connectivity index (χ2v) is 8.62. The van der Waals surface area contributed by atoms with E-state index >= 15 is 0 Å². The molecule has 1 N–H and O–H groups in total. The largest absolute Gasteiger partial charge is 0.370 e. The van der Waals surface area contributed by atoms with Gasteiger partial charge in [0.05, 0.1) is 17.6 Å². The van der Waals surface area contributed by atoms with Crippen LogP contribution in [0.4, 0.5) is 5.69 Å². The third-order valence-corrected chi connectivity index (χ3v) is 6.06. The highest BCUT2D eigenvalue weighted by molar-refractivity contribution is 7.88. The number of nitrogens with one attached hydrogen (secondary N) is 1. The van der Waals surface area contributed by atoms with Gasteiger partial charge in [0.2, 0.25) is 10.0 Å². The Balaban J connectivity index is 1.46. The number of hydrogen-bond acceptors (Lipinski definition) is 4. The second kappa shape index (κ2) is 8.17. The predicted molar refractivity (Wildman–Crippen MR) is 101 cm³/mol. The second-order valence-electron chi connectivity index (χ2n) is 6.38. The number of sulfonamides is 1. The summed E-state index contributed by atoms with van der Waals surface area (Å²) in [4.78, 5) is 6.45. The summed E-state index contributed by atoms with van der Waals surface area (Å²) in [5.74, 6) is 0.353. The molecule has 25 heavy (non-hydrogen) atoms. The molecule has 3 rings (SSSR count). The van der Waals surface area contributed by atoms with E-state index in [1.807, 2.05) is 12.3 Å². The van der Waals surface area contributed by atoms with Gasteiger partial charge in [0, 0.05) is 30.9 Å². The molecule has 1 saturated heterocycles. The summed E-state index contributed by atoms with van der Waals surface area (Å²) in [5, 5.41) is 0.606. The number of hydrogen-bond donors (Lipinski definition) is 1. The van der Waals surface area contributed by atoms with Crippen LogP contribution in [0.2, 0.25) is 5.02 Å². The van der Waals surface area contributed by atoms with Crippen LogP contribution in [-0.4, -0.2) is 33.0 Å². The molecule has 5 nitrogen and oxygen atoms in total. The van der Waals surface area contributed by atoms with E-state index in [4.69, 9.17) is 11.6 Å². The van der Waals surface area contributed by atoms with Crippen LogP contribution in [-0.2, 0) is 15.8 Å². The number of rotatable bonds is 6. The van der Waals surface area contributed by atoms with Crippen molar-refractivity contribution in [2.24, 2.45) is 5.92 Å². The highest BCUT2D eigenvalue weighted by atomic mass is 35.5. The average Bonchev–Trinajstić information content (AvgIpc) is 2.63. The van der Waals surface area contributed by atoms with Gasteiger partial charge in [-0.05, 0) is 48.6 Å². The number of nitrogens with zero attached hydrogens (tertiary/aromatic N) is 2. The molecule has 1 aliphatic rings. The molecule has 0 radical (unpaired) electrons. The normalized spacial score (nSPS) is 16.1. The van der Waals surface area contributed by atoms with Crippen LogP contribution in [0.5, 0.6) is 0 Å². The quantitative estimate of drug-likeness (QED) is 0.837. The van der Waals surface area contributed by atoms with Crippen LogP contribution < -0.4 is 9.62 Å². The van der Waals surface area contributed by atoms with Crippen LogP contribution in [0, 0.1) is 5.92 Å². The van der Waals surface area contributed by atoms with Crippen molar-refractivity contribution in [3.05, 3.63) is 59.4 Å². The maximum absolute atomic E-state index is 12.3. The molecule has 134 valence electrons. The SMILES string of the molecule is O=S(=O)(Cc1ccc(Cl)cc1)NCC1CCN(c2cccnc2)CC1. The smallest absolute Gasteiger partial charge is 0.215 e. The van der Waals surface area contributed by atoms with Crippen LogP contribution in [0.15, 0.2) is 48.8 Å². The van der Waals surface area contributed by atoms with Gasteiger partial charge in [-0.25, -0.2) is 13.1 Å². The summed E-state index contributed by atoms with van der Waals surface area (Å²) in [6.07, 6.45) is 5.58. The lowest BCUT2D eigenvalue weighted by atomic mass is 9.97. The Hall–Kier alpha value is -1.63. The minimum absolute atomic E-state index is 0.0152. The van der Waals surface area contributed by atoms with Crippen LogP contribution in [0.25, 0.3) is 0 Å². The Morgan fingerprint density at radius 2 is 1.88 bits per heavy atom. The maximum atomic E-state index is 12.3. The first-order valence-corrected chi connectivity index (χ1v) is 10.4. The fraction of sp³-hybridized carbons (Fsp3) is 0.389. The highest BCUT2D eigenvalue weighted by Crippen LogP contribution is 2.22. The predicted octanol–water partition coefficient (Wildman–Crippen LogP) is 3.07. The van der Waals surface area contributed by atoms with E-state index in [0.29, 0.717) is 17.5 Å². The van der Waals surface area contributed by atoms with Crippen molar-refractivity contribution in [3.8, 4) is 0 Å². The van der Waals surface area contributed by atoms with Crippen molar-refractivity contribution in [2.45, 2.75) is 18.6 Å². The molecule has 1 aliphatic heterocycles. The van der Waals surface area contributed by atoms with Gasteiger partial charge < -0.3 is 4.90 Å². The standard InChI is InChI=1S/C18H22ClN3O2S/c19-17-5-3-16(4-6-17)14-25(23,24)21-12-15-7-10-22(11-8-15)18-2-1-9-20-13-18/h1-6,9,13,15,21H,7-8,10-12,14H2. The summed E-state index contributed by atoms with van der Waals surface area (Å²) in [6.45, 7) is 2.35. The van der Waals surface area contributed by atoms with Crippen LogP contribution in [0.1, 0.15) is 18.4 Å². The molecule has 0 amide bonds. The minimum Gasteiger partial charge on any atom is -0.370 e. The van der Waals surface area contributed by atoms with E-state index in [-0.39, 0.29) is 5.75 Å². The summed E-state index contributed by atoms with van der Waals surface area (Å²) in [7, 11) is -3.33. The van der Waals surface area contributed by atoms with E-state index in [2.05, 4.69) is 20.7 Å². The fourth-order valence-corrected chi connectivity index (χ4v) is 4.38. The molecule has 0 unspecified atom stereocenters. The summed E-state index contributed by atoms with van der Waals surface area (Å²) < 4.78 is 27.3. The Labute approximate surface area is 154 Å². The zero-order valence-electron chi connectivity index (χ0n) is 13.9. The molecule has 0 atom stereocenters. The van der Waals surface area contributed by atoms with E-state index in [9.17, 15) is 8.42 Å². The summed E-state index contributed by atoms with van der Waals surface area (Å²) >= 11 is 5.83. The number of anilines is 1. The van der Waals surface area contributed by atoms with Gasteiger partial charge in [0.15, 0.2) is 0 Å². The van der Waals surface area contributed by atoms with E-state index < -0.39 is 10.0 Å². The van der Waals surface area contributed by atoms with E-state index in [1.54, 1.807) is 30.5 Å². The van der Waals surface area contributed by atoms with Crippen molar-refractivity contribution < 1.29 is 8.42 Å². The third-order valence-electron chi connectivity index (χ3n) is 4.49. The first-order chi connectivity index (χ1) is 12.0. The Kier molecular flexibility index (Phi) is 5.93. The lowest BCUT2D eigenvalue weighted by Gasteiger charge is -2.33. The van der Waals surface area contributed by atoms with Crippen molar-refractivity contribution in [2.75, 3.05) is 24.5 Å². The zero-order chi connectivity index (χ0) is 17.7. The highest BCUT2D eigenvalue weighted by Gasteiger charge is 2.21. The molecule has 2 aromatic rings. The van der Waals surface area contributed by atoms with Gasteiger partial charge in [0.25, 0.3) is 0 Å². The summed E-state index contributed by atoms with van der Waals surface area (Å²) in [6, 6.07) is 10.9. The van der Waals surface area contributed by atoms with E-state index in [0.717, 1.165) is 37.2 Å². The molecule has 0 saturated carbocycles. The van der Waals surface area contributed by atoms with Gasteiger partial charge >= 0.3 is 0 Å². The first kappa shape index (κ1) is 18.2. The van der Waals surface area contributed by atoms with Crippen LogP contribution in [0.3, 0.4) is 0 Å². The molecule has 2 heterocycles. The monoisotopic (exact) mass is 379 g/mol. The average molecular weight is 380 g/mol. The molecule has 0 aliphatic carbocycles. The molecule has 0 bridgehead atoms. The first-order valence-electron chi connectivity index (χ1n) is 8.38. The van der Waals surface area contributed by atoms with Crippen molar-refractivity contribution in [1.82, 2.24) is 9.71 Å². The van der Waals surface area contributed by atoms with Gasteiger partial charge in [0.1, 0.15) is 0 Å². The molecular weight excluding hydrogens is 358 g/mol. The van der Waals surface area contributed by atoms with E-state index in [1.165, 1.54) is 0 Å². The Morgan fingerprint density at radius 1 is 1.16 bits per heavy atom. The zero-order valence-corrected chi connectivity index (χ0v) is 15.5. The molecular formula is C18H22ClN3O2S. The van der Waals surface area contributed by atoms with Crippen molar-refractivity contribution >= 4 is 27.3 Å². The number of pyridine rings is 1. The number of piperidine rings is 1. The van der Waals surface area contributed by atoms with Gasteiger partial charge in [-0.15, -0.1) is 0 Å². The Bertz CT molecular complexity index is 774.